The Morgan fingerprint density at radius 1 is 0.429 bits per heavy atom. The van der Waals surface area contributed by atoms with E-state index in [1.165, 1.54) is 11.1 Å². The Morgan fingerprint density at radius 2 is 0.821 bits per heavy atom. The van der Waals surface area contributed by atoms with E-state index in [9.17, 15) is 0 Å². The zero-order chi connectivity index (χ0) is 18.8. The first-order chi connectivity index (χ1) is 13.9. The van der Waals surface area contributed by atoms with Crippen molar-refractivity contribution in [1.82, 2.24) is 0 Å². The molecule has 0 aromatic heterocycles. The fourth-order valence-electron chi connectivity index (χ4n) is 3.68. The van der Waals surface area contributed by atoms with Gasteiger partial charge in [0.05, 0.1) is 0 Å². The van der Waals surface area contributed by atoms with Crippen LogP contribution in [-0.2, 0) is 0 Å². The first kappa shape index (κ1) is 16.4. The average molecular weight is 358 g/mol. The summed E-state index contributed by atoms with van der Waals surface area (Å²) in [4.78, 5) is 0. The van der Waals surface area contributed by atoms with E-state index < -0.39 is 0 Å². The van der Waals surface area contributed by atoms with Crippen molar-refractivity contribution in [2.75, 3.05) is 0 Å². The van der Waals surface area contributed by atoms with E-state index in [1.807, 2.05) is 36.4 Å². The van der Waals surface area contributed by atoms with Crippen molar-refractivity contribution in [3.63, 3.8) is 0 Å². The molecule has 0 aliphatic heterocycles. The van der Waals surface area contributed by atoms with Crippen molar-refractivity contribution < 1.29 is 0 Å². The third-order valence-electron chi connectivity index (χ3n) is 5.00. The van der Waals surface area contributed by atoms with Crippen LogP contribution in [0.3, 0.4) is 0 Å². The number of hydrogen-bond donors (Lipinski definition) is 0. The smallest absolute Gasteiger partial charge is 0.101 e. The lowest BCUT2D eigenvalue weighted by atomic mass is 10.0. The Morgan fingerprint density at radius 3 is 1.29 bits per heavy atom. The van der Waals surface area contributed by atoms with Gasteiger partial charge in [0, 0.05) is 22.3 Å². The first-order valence-electron chi connectivity index (χ1n) is 9.37. The summed E-state index contributed by atoms with van der Waals surface area (Å²) in [5.74, 6) is 0. The number of fused-ring (bicyclic) bond motifs is 3. The second kappa shape index (κ2) is 7.09. The normalized spacial score (nSPS) is 11.5. The molecule has 4 aromatic carbocycles. The summed E-state index contributed by atoms with van der Waals surface area (Å²) in [7, 11) is 0. The fourth-order valence-corrected chi connectivity index (χ4v) is 3.68. The van der Waals surface area contributed by atoms with E-state index in [-0.39, 0.29) is 0 Å². The monoisotopic (exact) mass is 358 g/mol. The molecule has 0 fully saturated rings. The Labute approximate surface area is 164 Å². The summed E-state index contributed by atoms with van der Waals surface area (Å²) in [6, 6.07) is 37.2. The largest absolute Gasteiger partial charge is 0.149 e. The average Bonchev–Trinajstić information content (AvgIpc) is 3.10. The predicted molar refractivity (Wildman–Crippen MR) is 116 cm³/mol. The van der Waals surface area contributed by atoms with Crippen molar-refractivity contribution in [3.8, 4) is 11.1 Å². The predicted octanol–water partition coefficient (Wildman–Crippen LogP) is 5.96. The lowest BCUT2D eigenvalue weighted by molar-refractivity contribution is 1.23. The molecule has 0 heterocycles. The molecule has 1 aliphatic carbocycles. The van der Waals surface area contributed by atoms with Crippen LogP contribution >= 0.6 is 0 Å². The van der Waals surface area contributed by atoms with Gasteiger partial charge in [0.25, 0.3) is 0 Å². The van der Waals surface area contributed by atoms with Gasteiger partial charge >= 0.3 is 0 Å². The third kappa shape index (κ3) is 2.85. The zero-order valence-electron chi connectivity index (χ0n) is 15.3. The molecule has 0 atom stereocenters. The maximum Gasteiger partial charge on any atom is 0.101 e. The highest BCUT2D eigenvalue weighted by Gasteiger charge is 2.24. The molecule has 2 nitrogen and oxygen atoms in total. The van der Waals surface area contributed by atoms with E-state index in [0.29, 0.717) is 0 Å². The SMILES string of the molecule is c1ccc(C(=NN=C2c3ccccc3-c3ccccc32)c2ccccc2)cc1. The fraction of sp³-hybridized carbons (Fsp3) is 0. The highest BCUT2D eigenvalue weighted by Crippen LogP contribution is 2.36. The van der Waals surface area contributed by atoms with Crippen LogP contribution in [0.1, 0.15) is 22.3 Å². The van der Waals surface area contributed by atoms with Gasteiger partial charge in [-0.3, -0.25) is 0 Å². The Hall–Kier alpha value is -3.78. The number of rotatable bonds is 3. The summed E-state index contributed by atoms with van der Waals surface area (Å²) < 4.78 is 0. The summed E-state index contributed by atoms with van der Waals surface area (Å²) in [5.41, 5.74) is 8.60. The third-order valence-corrected chi connectivity index (χ3v) is 5.00. The van der Waals surface area contributed by atoms with Gasteiger partial charge in [-0.15, -0.1) is 10.2 Å². The lowest BCUT2D eigenvalue weighted by Crippen LogP contribution is -2.04. The first-order valence-corrected chi connectivity index (χ1v) is 9.37. The molecule has 0 spiro atoms. The van der Waals surface area contributed by atoms with Crippen LogP contribution in [0.4, 0.5) is 0 Å². The highest BCUT2D eigenvalue weighted by molar-refractivity contribution is 6.24. The van der Waals surface area contributed by atoms with Gasteiger partial charge < -0.3 is 0 Å². The van der Waals surface area contributed by atoms with Gasteiger partial charge in [0.2, 0.25) is 0 Å². The number of benzene rings is 4. The molecular formula is C26H18N2. The Bertz CT molecular complexity index is 1090. The van der Waals surface area contributed by atoms with Gasteiger partial charge in [-0.2, -0.15) is 0 Å². The van der Waals surface area contributed by atoms with E-state index in [1.54, 1.807) is 0 Å². The lowest BCUT2D eigenvalue weighted by Gasteiger charge is -2.06. The molecule has 132 valence electrons. The van der Waals surface area contributed by atoms with Gasteiger partial charge in [-0.25, -0.2) is 0 Å². The van der Waals surface area contributed by atoms with Gasteiger partial charge in [-0.05, 0) is 11.1 Å². The highest BCUT2D eigenvalue weighted by atomic mass is 15.2. The summed E-state index contributed by atoms with van der Waals surface area (Å²) in [6.07, 6.45) is 0. The molecule has 0 bridgehead atoms. The molecule has 0 N–H and O–H groups in total. The van der Waals surface area contributed by atoms with Crippen LogP contribution < -0.4 is 0 Å². The number of nitrogens with zero attached hydrogens (tertiary/aromatic N) is 2. The summed E-state index contributed by atoms with van der Waals surface area (Å²) >= 11 is 0. The van der Waals surface area contributed by atoms with Gasteiger partial charge in [0.15, 0.2) is 0 Å². The molecule has 28 heavy (non-hydrogen) atoms. The van der Waals surface area contributed by atoms with E-state index >= 15 is 0 Å². The van der Waals surface area contributed by atoms with Crippen LogP contribution in [0.15, 0.2) is 119 Å². The minimum Gasteiger partial charge on any atom is -0.149 e. The molecule has 5 rings (SSSR count). The van der Waals surface area contributed by atoms with Crippen molar-refractivity contribution >= 4 is 11.4 Å². The summed E-state index contributed by atoms with van der Waals surface area (Å²) in [5, 5.41) is 9.51. The van der Waals surface area contributed by atoms with E-state index in [4.69, 9.17) is 10.2 Å². The molecule has 0 radical (unpaired) electrons. The number of hydrogen-bond acceptors (Lipinski definition) is 2. The van der Waals surface area contributed by atoms with Gasteiger partial charge in [0.1, 0.15) is 11.4 Å². The van der Waals surface area contributed by atoms with Crippen molar-refractivity contribution in [1.29, 1.82) is 0 Å². The standard InChI is InChI=1S/C26H18N2/c1-3-11-19(12-4-1)25(20-13-5-2-6-14-20)27-28-26-23-17-9-7-15-21(23)22-16-8-10-18-24(22)26/h1-18H. The molecule has 2 heteroatoms. The van der Waals surface area contributed by atoms with Gasteiger partial charge in [-0.1, -0.05) is 109 Å². The van der Waals surface area contributed by atoms with Crippen molar-refractivity contribution in [2.45, 2.75) is 0 Å². The zero-order valence-corrected chi connectivity index (χ0v) is 15.3. The Balaban J connectivity index is 1.70. The molecular weight excluding hydrogens is 340 g/mol. The van der Waals surface area contributed by atoms with Crippen LogP contribution in [0.25, 0.3) is 11.1 Å². The second-order valence-corrected chi connectivity index (χ2v) is 6.72. The second-order valence-electron chi connectivity index (χ2n) is 6.72. The molecule has 0 saturated carbocycles. The minimum atomic E-state index is 0.871. The maximum absolute atomic E-state index is 4.76. The minimum absolute atomic E-state index is 0.871. The van der Waals surface area contributed by atoms with Crippen LogP contribution in [0, 0.1) is 0 Å². The molecule has 0 saturated heterocycles. The van der Waals surface area contributed by atoms with E-state index in [2.05, 4.69) is 72.8 Å². The van der Waals surface area contributed by atoms with Crippen LogP contribution in [0.5, 0.6) is 0 Å². The summed E-state index contributed by atoms with van der Waals surface area (Å²) in [6.45, 7) is 0. The molecule has 4 aromatic rings. The Kier molecular flexibility index (Phi) is 4.15. The molecule has 0 amide bonds. The topological polar surface area (TPSA) is 24.7 Å². The quantitative estimate of drug-likeness (QED) is 0.281. The van der Waals surface area contributed by atoms with Crippen molar-refractivity contribution in [2.24, 2.45) is 10.2 Å². The van der Waals surface area contributed by atoms with Crippen LogP contribution in [-0.4, -0.2) is 11.4 Å². The maximum atomic E-state index is 4.76. The van der Waals surface area contributed by atoms with Crippen LogP contribution in [0.2, 0.25) is 0 Å². The van der Waals surface area contributed by atoms with E-state index in [0.717, 1.165) is 33.7 Å². The van der Waals surface area contributed by atoms with Crippen molar-refractivity contribution in [3.05, 3.63) is 131 Å². The molecule has 1 aliphatic rings. The molecule has 0 unspecified atom stereocenters.